The van der Waals surface area contributed by atoms with E-state index in [0.29, 0.717) is 12.2 Å². The van der Waals surface area contributed by atoms with Crippen molar-refractivity contribution in [1.82, 2.24) is 5.32 Å². The van der Waals surface area contributed by atoms with E-state index in [1.165, 1.54) is 22.6 Å². The van der Waals surface area contributed by atoms with E-state index in [2.05, 4.69) is 33.4 Å². The summed E-state index contributed by atoms with van der Waals surface area (Å²) in [4.78, 5) is 13.8. The molecule has 1 N–H and O–H groups in total. The minimum Gasteiger partial charge on any atom is -0.337 e. The number of hydrogen-bond donors (Lipinski definition) is 1. The van der Waals surface area contributed by atoms with E-state index in [4.69, 9.17) is 0 Å². The Hall–Kier alpha value is -1.88. The summed E-state index contributed by atoms with van der Waals surface area (Å²) in [6.45, 7) is 0.605. The molecule has 2 amide bonds. The van der Waals surface area contributed by atoms with Crippen LogP contribution in [0.25, 0.3) is 0 Å². The van der Waals surface area contributed by atoms with Crippen LogP contribution in [0.3, 0.4) is 0 Å². The van der Waals surface area contributed by atoms with Crippen LogP contribution in [0.1, 0.15) is 18.4 Å². The summed E-state index contributed by atoms with van der Waals surface area (Å²) in [7, 11) is 1.68. The maximum atomic E-state index is 13.0. The van der Waals surface area contributed by atoms with Crippen molar-refractivity contribution >= 4 is 27.6 Å². The summed E-state index contributed by atoms with van der Waals surface area (Å²) in [6, 6.07) is 13.9. The minimum absolute atomic E-state index is 0.0447. The summed E-state index contributed by atoms with van der Waals surface area (Å²) in [5.74, 6) is -0.311. The van der Waals surface area contributed by atoms with Gasteiger partial charge in [0.05, 0.1) is 0 Å². The van der Waals surface area contributed by atoms with Crippen LogP contribution in [0, 0.1) is 5.82 Å². The third kappa shape index (κ3) is 3.55. The van der Waals surface area contributed by atoms with Crippen molar-refractivity contribution in [2.24, 2.45) is 0 Å². The number of carbonyl (C=O) groups excluding carboxylic acids is 1. The molecule has 23 heavy (non-hydrogen) atoms. The van der Waals surface area contributed by atoms with Crippen LogP contribution in [-0.2, 0) is 5.41 Å². The standard InChI is InChI=1S/C18H18BrFN2O/c1-22(16-7-5-15(20)6-8-16)17(23)21-12-18(9-10-18)13-3-2-4-14(19)11-13/h2-8,11H,9-10,12H2,1H3,(H,21,23). The summed E-state index contributed by atoms with van der Waals surface area (Å²) < 4.78 is 14.0. The number of nitrogens with one attached hydrogen (secondary N) is 1. The molecule has 0 aliphatic heterocycles. The van der Waals surface area contributed by atoms with Gasteiger partial charge in [0.15, 0.2) is 0 Å². The Labute approximate surface area is 143 Å². The Morgan fingerprint density at radius 3 is 2.57 bits per heavy atom. The van der Waals surface area contributed by atoms with Crippen molar-refractivity contribution in [2.75, 3.05) is 18.5 Å². The molecule has 1 fully saturated rings. The maximum Gasteiger partial charge on any atom is 0.321 e. The van der Waals surface area contributed by atoms with Crippen molar-refractivity contribution in [2.45, 2.75) is 18.3 Å². The molecule has 1 saturated carbocycles. The molecule has 0 radical (unpaired) electrons. The molecule has 0 unspecified atom stereocenters. The first kappa shape index (κ1) is 16.0. The van der Waals surface area contributed by atoms with Crippen LogP contribution in [0.4, 0.5) is 14.9 Å². The molecule has 2 aromatic carbocycles. The maximum absolute atomic E-state index is 13.0. The molecule has 0 saturated heterocycles. The van der Waals surface area contributed by atoms with Crippen LogP contribution in [0.15, 0.2) is 53.0 Å². The van der Waals surface area contributed by atoms with Crippen molar-refractivity contribution in [3.05, 3.63) is 64.4 Å². The van der Waals surface area contributed by atoms with Crippen molar-refractivity contribution in [3.63, 3.8) is 0 Å². The normalized spacial score (nSPS) is 15.1. The molecule has 0 heterocycles. The predicted molar refractivity (Wildman–Crippen MR) is 93.3 cm³/mol. The van der Waals surface area contributed by atoms with Crippen LogP contribution < -0.4 is 10.2 Å². The zero-order chi connectivity index (χ0) is 16.4. The van der Waals surface area contributed by atoms with Crippen LogP contribution in [-0.4, -0.2) is 19.6 Å². The largest absolute Gasteiger partial charge is 0.337 e. The van der Waals surface area contributed by atoms with Crippen LogP contribution >= 0.6 is 15.9 Å². The highest BCUT2D eigenvalue weighted by molar-refractivity contribution is 9.10. The Bertz CT molecular complexity index is 713. The molecule has 1 aliphatic carbocycles. The lowest BCUT2D eigenvalue weighted by atomic mass is 9.96. The molecule has 0 aromatic heterocycles. The molecule has 2 aromatic rings. The summed E-state index contributed by atoms with van der Waals surface area (Å²) in [5.41, 5.74) is 1.95. The van der Waals surface area contributed by atoms with E-state index in [1.807, 2.05) is 12.1 Å². The SMILES string of the molecule is CN(C(=O)NCC1(c2cccc(Br)c2)CC1)c1ccc(F)cc1. The summed E-state index contributed by atoms with van der Waals surface area (Å²) in [5, 5.41) is 2.99. The number of halogens is 2. The Kier molecular flexibility index (Phi) is 4.39. The zero-order valence-electron chi connectivity index (χ0n) is 12.9. The molecule has 0 bridgehead atoms. The molecule has 3 rings (SSSR count). The molecule has 1 aliphatic rings. The Morgan fingerprint density at radius 1 is 1.26 bits per heavy atom. The van der Waals surface area contributed by atoms with Gasteiger partial charge in [0.1, 0.15) is 5.82 Å². The first-order valence-electron chi connectivity index (χ1n) is 7.53. The fourth-order valence-electron chi connectivity index (χ4n) is 2.68. The van der Waals surface area contributed by atoms with Crippen molar-refractivity contribution in [1.29, 1.82) is 0 Å². The first-order chi connectivity index (χ1) is 11.0. The van der Waals surface area contributed by atoms with Crippen molar-refractivity contribution in [3.8, 4) is 0 Å². The van der Waals surface area contributed by atoms with Gasteiger partial charge in [0, 0.05) is 29.2 Å². The van der Waals surface area contributed by atoms with Gasteiger partial charge in [-0.1, -0.05) is 28.1 Å². The summed E-state index contributed by atoms with van der Waals surface area (Å²) >= 11 is 3.50. The molecule has 5 heteroatoms. The fourth-order valence-corrected chi connectivity index (χ4v) is 3.08. The second-order valence-electron chi connectivity index (χ2n) is 5.98. The van der Waals surface area contributed by atoms with E-state index >= 15 is 0 Å². The van der Waals surface area contributed by atoms with Gasteiger partial charge in [-0.3, -0.25) is 4.90 Å². The Balaban J connectivity index is 1.64. The van der Waals surface area contributed by atoms with Gasteiger partial charge >= 0.3 is 6.03 Å². The van der Waals surface area contributed by atoms with E-state index < -0.39 is 0 Å². The number of nitrogens with zero attached hydrogens (tertiary/aromatic N) is 1. The van der Waals surface area contributed by atoms with Gasteiger partial charge in [-0.15, -0.1) is 0 Å². The van der Waals surface area contributed by atoms with Gasteiger partial charge < -0.3 is 5.32 Å². The lowest BCUT2D eigenvalue weighted by Crippen LogP contribution is -2.41. The second-order valence-corrected chi connectivity index (χ2v) is 6.90. The van der Waals surface area contributed by atoms with Gasteiger partial charge in [0.2, 0.25) is 0 Å². The minimum atomic E-state index is -0.311. The van der Waals surface area contributed by atoms with Gasteiger partial charge in [0.25, 0.3) is 0 Å². The van der Waals surface area contributed by atoms with E-state index in [1.54, 1.807) is 19.2 Å². The average Bonchev–Trinajstić information content (AvgIpc) is 3.34. The van der Waals surface area contributed by atoms with E-state index in [9.17, 15) is 9.18 Å². The molecular formula is C18H18BrFN2O. The number of hydrogen-bond acceptors (Lipinski definition) is 1. The van der Waals surface area contributed by atoms with Gasteiger partial charge in [-0.25, -0.2) is 9.18 Å². The molecule has 0 atom stereocenters. The van der Waals surface area contributed by atoms with Crippen LogP contribution in [0.5, 0.6) is 0 Å². The highest BCUT2D eigenvalue weighted by Gasteiger charge is 2.44. The van der Waals surface area contributed by atoms with Gasteiger partial charge in [-0.05, 0) is 54.8 Å². The highest BCUT2D eigenvalue weighted by atomic mass is 79.9. The molecule has 3 nitrogen and oxygen atoms in total. The average molecular weight is 377 g/mol. The second kappa shape index (κ2) is 6.32. The van der Waals surface area contributed by atoms with Crippen LogP contribution in [0.2, 0.25) is 0 Å². The Morgan fingerprint density at radius 2 is 1.96 bits per heavy atom. The lowest BCUT2D eigenvalue weighted by Gasteiger charge is -2.21. The topological polar surface area (TPSA) is 32.3 Å². The lowest BCUT2D eigenvalue weighted by molar-refractivity contribution is 0.246. The smallest absolute Gasteiger partial charge is 0.321 e. The number of anilines is 1. The number of rotatable bonds is 4. The van der Waals surface area contributed by atoms with Crippen molar-refractivity contribution < 1.29 is 9.18 Å². The number of urea groups is 1. The van der Waals surface area contributed by atoms with E-state index in [0.717, 1.165) is 17.3 Å². The highest BCUT2D eigenvalue weighted by Crippen LogP contribution is 2.48. The molecule has 0 spiro atoms. The zero-order valence-corrected chi connectivity index (χ0v) is 14.4. The van der Waals surface area contributed by atoms with E-state index in [-0.39, 0.29) is 17.3 Å². The fraction of sp³-hybridized carbons (Fsp3) is 0.278. The number of benzene rings is 2. The molecule has 120 valence electrons. The predicted octanol–water partition coefficient (Wildman–Crippen LogP) is 4.47. The van der Waals surface area contributed by atoms with Gasteiger partial charge in [-0.2, -0.15) is 0 Å². The third-order valence-electron chi connectivity index (χ3n) is 4.39. The molecular weight excluding hydrogens is 359 g/mol. The third-order valence-corrected chi connectivity index (χ3v) is 4.88. The number of amides is 2. The number of carbonyl (C=O) groups is 1. The first-order valence-corrected chi connectivity index (χ1v) is 8.33. The summed E-state index contributed by atoms with van der Waals surface area (Å²) in [6.07, 6.45) is 2.15. The quantitative estimate of drug-likeness (QED) is 0.838. The monoisotopic (exact) mass is 376 g/mol.